The van der Waals surface area contributed by atoms with Crippen molar-refractivity contribution in [1.82, 2.24) is 10.7 Å². The first-order valence-electron chi connectivity index (χ1n) is 11.5. The molecule has 3 aromatic rings. The van der Waals surface area contributed by atoms with Gasteiger partial charge in [-0.05, 0) is 78.9 Å². The molecule has 0 aliphatic heterocycles. The lowest BCUT2D eigenvalue weighted by Gasteiger charge is -2.19. The largest absolute Gasteiger partial charge is 0.489 e. The molecule has 2 amide bonds. The average molecular weight is 492 g/mol. The van der Waals surface area contributed by atoms with Gasteiger partial charge in [0.15, 0.2) is 0 Å². The van der Waals surface area contributed by atoms with Gasteiger partial charge in [0.05, 0.1) is 6.21 Å². The maximum atomic E-state index is 12.7. The maximum Gasteiger partial charge on any atom is 0.262 e. The molecule has 6 nitrogen and oxygen atoms in total. The van der Waals surface area contributed by atoms with E-state index in [9.17, 15) is 9.59 Å². The Morgan fingerprint density at radius 1 is 0.971 bits per heavy atom. The number of aryl methyl sites for hydroxylation is 1. The van der Waals surface area contributed by atoms with Crippen molar-refractivity contribution in [3.8, 4) is 5.75 Å². The fourth-order valence-corrected chi connectivity index (χ4v) is 3.42. The van der Waals surface area contributed by atoms with Crippen LogP contribution in [0.3, 0.4) is 0 Å². The van der Waals surface area contributed by atoms with Crippen molar-refractivity contribution in [3.63, 3.8) is 0 Å². The quantitative estimate of drug-likeness (QED) is 0.289. The number of hydrazone groups is 1. The third-order valence-corrected chi connectivity index (χ3v) is 5.48. The lowest BCUT2D eigenvalue weighted by Crippen LogP contribution is -2.46. The number of halogens is 1. The van der Waals surface area contributed by atoms with Crippen LogP contribution in [0.1, 0.15) is 47.3 Å². The minimum Gasteiger partial charge on any atom is -0.489 e. The van der Waals surface area contributed by atoms with Crippen LogP contribution in [0.25, 0.3) is 0 Å². The number of nitrogens with zero attached hydrogens (tertiary/aromatic N) is 1. The minimum atomic E-state index is -0.715. The molecule has 0 aromatic heterocycles. The van der Waals surface area contributed by atoms with Crippen molar-refractivity contribution >= 4 is 29.6 Å². The molecule has 0 saturated heterocycles. The van der Waals surface area contributed by atoms with Gasteiger partial charge in [-0.1, -0.05) is 55.3 Å². The number of benzene rings is 3. The second-order valence-electron chi connectivity index (χ2n) is 8.74. The standard InChI is InChI=1S/C28H30ClN3O3/c1-19(2)16-26(31-27(33)23-10-12-24(29)13-11-23)28(34)32-30-17-21-8-14-25(15-9-21)35-18-22-6-4-20(3)5-7-22/h4-15,17,19,26H,16,18H2,1-3H3,(H,31,33)(H,32,34)/b30-17+. The highest BCUT2D eigenvalue weighted by molar-refractivity contribution is 6.30. The van der Waals surface area contributed by atoms with E-state index >= 15 is 0 Å². The molecule has 35 heavy (non-hydrogen) atoms. The molecule has 182 valence electrons. The van der Waals surface area contributed by atoms with E-state index in [1.807, 2.05) is 50.2 Å². The van der Waals surface area contributed by atoms with Gasteiger partial charge in [-0.15, -0.1) is 0 Å². The van der Waals surface area contributed by atoms with E-state index in [0.29, 0.717) is 23.6 Å². The van der Waals surface area contributed by atoms with Gasteiger partial charge < -0.3 is 10.1 Å². The number of hydrogen-bond acceptors (Lipinski definition) is 4. The number of ether oxygens (including phenoxy) is 1. The normalized spacial score (nSPS) is 11.9. The first-order valence-corrected chi connectivity index (χ1v) is 11.9. The minimum absolute atomic E-state index is 0.202. The van der Waals surface area contributed by atoms with Crippen LogP contribution < -0.4 is 15.5 Å². The van der Waals surface area contributed by atoms with E-state index in [1.54, 1.807) is 30.5 Å². The number of amides is 2. The Labute approximate surface area is 211 Å². The summed E-state index contributed by atoms with van der Waals surface area (Å²) in [5.41, 5.74) is 6.08. The van der Waals surface area contributed by atoms with Crippen molar-refractivity contribution in [2.45, 2.75) is 39.8 Å². The zero-order valence-corrected chi connectivity index (χ0v) is 20.9. The highest BCUT2D eigenvalue weighted by Gasteiger charge is 2.22. The van der Waals surface area contributed by atoms with E-state index in [2.05, 4.69) is 34.9 Å². The first kappa shape index (κ1) is 26.0. The number of hydrogen-bond donors (Lipinski definition) is 2. The predicted molar refractivity (Wildman–Crippen MR) is 140 cm³/mol. The summed E-state index contributed by atoms with van der Waals surface area (Å²) in [6.07, 6.45) is 2.03. The molecule has 7 heteroatoms. The molecule has 1 unspecified atom stereocenters. The summed E-state index contributed by atoms with van der Waals surface area (Å²) in [6.45, 7) is 6.51. The van der Waals surface area contributed by atoms with Crippen LogP contribution in [0.2, 0.25) is 5.02 Å². The summed E-state index contributed by atoms with van der Waals surface area (Å²) in [5, 5.41) is 7.38. The van der Waals surface area contributed by atoms with Gasteiger partial charge in [0, 0.05) is 10.6 Å². The average Bonchev–Trinajstić information content (AvgIpc) is 2.84. The van der Waals surface area contributed by atoms with Crippen LogP contribution in [-0.4, -0.2) is 24.1 Å². The molecule has 0 spiro atoms. The first-order chi connectivity index (χ1) is 16.8. The van der Waals surface area contributed by atoms with E-state index < -0.39 is 6.04 Å². The van der Waals surface area contributed by atoms with Crippen LogP contribution >= 0.6 is 11.6 Å². The van der Waals surface area contributed by atoms with Gasteiger partial charge in [-0.2, -0.15) is 5.10 Å². The van der Waals surface area contributed by atoms with Gasteiger partial charge in [-0.3, -0.25) is 9.59 Å². The highest BCUT2D eigenvalue weighted by atomic mass is 35.5. The zero-order valence-electron chi connectivity index (χ0n) is 20.1. The fourth-order valence-electron chi connectivity index (χ4n) is 3.30. The molecular formula is C28H30ClN3O3. The summed E-state index contributed by atoms with van der Waals surface area (Å²) in [7, 11) is 0. The summed E-state index contributed by atoms with van der Waals surface area (Å²) in [4.78, 5) is 25.3. The number of carbonyl (C=O) groups is 2. The Bertz CT molecular complexity index is 1140. The van der Waals surface area contributed by atoms with E-state index in [4.69, 9.17) is 16.3 Å². The topological polar surface area (TPSA) is 79.8 Å². The summed E-state index contributed by atoms with van der Waals surface area (Å²) in [5.74, 6) is 0.226. The molecule has 3 rings (SSSR count). The molecule has 2 N–H and O–H groups in total. The Hall–Kier alpha value is -3.64. The van der Waals surface area contributed by atoms with Crippen molar-refractivity contribution in [2.75, 3.05) is 0 Å². The molecule has 0 bridgehead atoms. The SMILES string of the molecule is Cc1ccc(COc2ccc(/C=N/NC(=O)C(CC(C)C)NC(=O)c3ccc(Cl)cc3)cc2)cc1. The number of nitrogens with one attached hydrogen (secondary N) is 2. The third kappa shape index (κ3) is 8.58. The lowest BCUT2D eigenvalue weighted by atomic mass is 10.0. The Kier molecular flexibility index (Phi) is 9.44. The lowest BCUT2D eigenvalue weighted by molar-refractivity contribution is -0.123. The van der Waals surface area contributed by atoms with E-state index in [-0.39, 0.29) is 17.7 Å². The van der Waals surface area contributed by atoms with Crippen molar-refractivity contribution in [1.29, 1.82) is 0 Å². The Morgan fingerprint density at radius 3 is 2.26 bits per heavy atom. The summed E-state index contributed by atoms with van der Waals surface area (Å²) < 4.78 is 5.82. The van der Waals surface area contributed by atoms with Gasteiger partial charge in [0.1, 0.15) is 18.4 Å². The molecule has 0 heterocycles. The van der Waals surface area contributed by atoms with Gasteiger partial charge >= 0.3 is 0 Å². The smallest absolute Gasteiger partial charge is 0.262 e. The molecule has 3 aromatic carbocycles. The molecule has 0 aliphatic rings. The van der Waals surface area contributed by atoms with E-state index in [0.717, 1.165) is 16.9 Å². The van der Waals surface area contributed by atoms with Crippen molar-refractivity contribution in [2.24, 2.45) is 11.0 Å². The maximum absolute atomic E-state index is 12.7. The van der Waals surface area contributed by atoms with Crippen molar-refractivity contribution in [3.05, 3.63) is 100 Å². The molecule has 0 radical (unpaired) electrons. The molecule has 0 aliphatic carbocycles. The molecule has 0 saturated carbocycles. The number of rotatable bonds is 10. The molecule has 1 atom stereocenters. The predicted octanol–water partition coefficient (Wildman–Crippen LogP) is 5.52. The highest BCUT2D eigenvalue weighted by Crippen LogP contribution is 2.14. The molecule has 0 fully saturated rings. The van der Waals surface area contributed by atoms with Gasteiger partial charge in [0.25, 0.3) is 11.8 Å². The van der Waals surface area contributed by atoms with Crippen molar-refractivity contribution < 1.29 is 14.3 Å². The third-order valence-electron chi connectivity index (χ3n) is 5.23. The number of carbonyl (C=O) groups excluding carboxylic acids is 2. The Morgan fingerprint density at radius 2 is 1.63 bits per heavy atom. The second kappa shape index (κ2) is 12.7. The zero-order chi connectivity index (χ0) is 25.2. The monoisotopic (exact) mass is 491 g/mol. The molecular weight excluding hydrogens is 462 g/mol. The van der Waals surface area contributed by atoms with Gasteiger partial charge in [0.2, 0.25) is 0 Å². The van der Waals surface area contributed by atoms with Gasteiger partial charge in [-0.25, -0.2) is 5.43 Å². The van der Waals surface area contributed by atoms with Crippen LogP contribution in [0.4, 0.5) is 0 Å². The fraction of sp³-hybridized carbons (Fsp3) is 0.250. The van der Waals surface area contributed by atoms with Crippen LogP contribution in [0.5, 0.6) is 5.75 Å². The second-order valence-corrected chi connectivity index (χ2v) is 9.18. The summed E-state index contributed by atoms with van der Waals surface area (Å²) in [6, 6.07) is 21.4. The Balaban J connectivity index is 1.53. The summed E-state index contributed by atoms with van der Waals surface area (Å²) >= 11 is 5.88. The van der Waals surface area contributed by atoms with Crippen LogP contribution in [0, 0.1) is 12.8 Å². The van der Waals surface area contributed by atoms with Crippen LogP contribution in [0.15, 0.2) is 77.9 Å². The van der Waals surface area contributed by atoms with E-state index in [1.165, 1.54) is 5.56 Å². The van der Waals surface area contributed by atoms with Crippen LogP contribution in [-0.2, 0) is 11.4 Å².